The second kappa shape index (κ2) is 5.74. The summed E-state index contributed by atoms with van der Waals surface area (Å²) in [5, 5.41) is 10.4. The maximum absolute atomic E-state index is 10.4. The Morgan fingerprint density at radius 3 is 2.63 bits per heavy atom. The first-order valence-corrected chi connectivity index (χ1v) is 7.24. The van der Waals surface area contributed by atoms with E-state index in [-0.39, 0.29) is 0 Å². The molecule has 104 valence electrons. The number of para-hydroxylation sites is 2. The smallest absolute Gasteiger partial charge is 0.112 e. The molecule has 3 heteroatoms. The Labute approximate surface area is 115 Å². The molecule has 0 saturated heterocycles. The highest BCUT2D eigenvalue weighted by molar-refractivity contribution is 5.75. The number of rotatable bonds is 6. The molecule has 1 unspecified atom stereocenters. The van der Waals surface area contributed by atoms with Crippen LogP contribution in [0.15, 0.2) is 24.3 Å². The highest BCUT2D eigenvalue weighted by Gasteiger charge is 2.23. The molecule has 1 aromatic heterocycles. The molecule has 0 aliphatic rings. The number of fused-ring (bicyclic) bond motifs is 1. The van der Waals surface area contributed by atoms with Crippen molar-refractivity contribution in [3.8, 4) is 0 Å². The minimum atomic E-state index is -0.665. The minimum absolute atomic E-state index is 0.621. The van der Waals surface area contributed by atoms with Crippen molar-refractivity contribution in [3.05, 3.63) is 30.1 Å². The predicted molar refractivity (Wildman–Crippen MR) is 79.3 cm³/mol. The van der Waals surface area contributed by atoms with E-state index in [1.165, 1.54) is 5.52 Å². The van der Waals surface area contributed by atoms with E-state index < -0.39 is 5.60 Å². The summed E-state index contributed by atoms with van der Waals surface area (Å²) in [6.07, 6.45) is 3.49. The molecule has 0 aliphatic carbocycles. The van der Waals surface area contributed by atoms with Gasteiger partial charge in [-0.25, -0.2) is 4.98 Å². The van der Waals surface area contributed by atoms with Crippen molar-refractivity contribution in [2.45, 2.75) is 58.6 Å². The Bertz CT molecular complexity index is 543. The van der Waals surface area contributed by atoms with Gasteiger partial charge in [0.05, 0.1) is 16.6 Å². The molecule has 1 atom stereocenters. The van der Waals surface area contributed by atoms with Crippen molar-refractivity contribution in [1.82, 2.24) is 9.55 Å². The number of nitrogens with zero attached hydrogens (tertiary/aromatic N) is 2. The second-order valence-electron chi connectivity index (χ2n) is 5.59. The standard InChI is InChI=1S/C16H24N2O/c1-4-10-16(3,19)12-15-17-13-8-6-7-9-14(13)18(15)11-5-2/h6-9,19H,4-5,10-12H2,1-3H3. The average molecular weight is 260 g/mol. The van der Waals surface area contributed by atoms with Crippen LogP contribution >= 0.6 is 0 Å². The maximum atomic E-state index is 10.4. The van der Waals surface area contributed by atoms with Crippen LogP contribution in [-0.2, 0) is 13.0 Å². The molecule has 1 aromatic carbocycles. The van der Waals surface area contributed by atoms with Crippen molar-refractivity contribution in [1.29, 1.82) is 0 Å². The molecule has 1 N–H and O–H groups in total. The monoisotopic (exact) mass is 260 g/mol. The third kappa shape index (κ3) is 3.16. The first-order chi connectivity index (χ1) is 9.07. The Balaban J connectivity index is 2.38. The summed E-state index contributed by atoms with van der Waals surface area (Å²) in [5.74, 6) is 1.00. The minimum Gasteiger partial charge on any atom is -0.390 e. The molecular weight excluding hydrogens is 236 g/mol. The van der Waals surface area contributed by atoms with Gasteiger partial charge in [0.2, 0.25) is 0 Å². The number of aliphatic hydroxyl groups is 1. The summed E-state index contributed by atoms with van der Waals surface area (Å²) in [7, 11) is 0. The number of hydrogen-bond acceptors (Lipinski definition) is 2. The van der Waals surface area contributed by atoms with Gasteiger partial charge in [-0.05, 0) is 31.9 Å². The van der Waals surface area contributed by atoms with Crippen molar-refractivity contribution < 1.29 is 5.11 Å². The average Bonchev–Trinajstić information content (AvgIpc) is 2.67. The SMILES string of the molecule is CCCn1c(CC(C)(O)CCC)nc2ccccc21. The van der Waals surface area contributed by atoms with Gasteiger partial charge in [-0.2, -0.15) is 0 Å². The number of imidazole rings is 1. The van der Waals surface area contributed by atoms with Crippen LogP contribution < -0.4 is 0 Å². The fourth-order valence-corrected chi connectivity index (χ4v) is 2.70. The normalized spacial score (nSPS) is 14.7. The number of aromatic nitrogens is 2. The van der Waals surface area contributed by atoms with Crippen molar-refractivity contribution >= 4 is 11.0 Å². The van der Waals surface area contributed by atoms with Crippen molar-refractivity contribution in [2.75, 3.05) is 0 Å². The van der Waals surface area contributed by atoms with E-state index in [0.29, 0.717) is 6.42 Å². The Hall–Kier alpha value is -1.35. The van der Waals surface area contributed by atoms with Crippen molar-refractivity contribution in [3.63, 3.8) is 0 Å². The Morgan fingerprint density at radius 1 is 1.21 bits per heavy atom. The Kier molecular flexibility index (Phi) is 4.25. The third-order valence-electron chi connectivity index (χ3n) is 3.51. The Morgan fingerprint density at radius 2 is 1.95 bits per heavy atom. The van der Waals surface area contributed by atoms with Crippen LogP contribution in [0.5, 0.6) is 0 Å². The zero-order valence-electron chi connectivity index (χ0n) is 12.2. The second-order valence-corrected chi connectivity index (χ2v) is 5.59. The van der Waals surface area contributed by atoms with Gasteiger partial charge in [0.1, 0.15) is 5.82 Å². The van der Waals surface area contributed by atoms with Crippen LogP contribution in [0.4, 0.5) is 0 Å². The molecule has 1 heterocycles. The largest absolute Gasteiger partial charge is 0.390 e. The van der Waals surface area contributed by atoms with Gasteiger partial charge >= 0.3 is 0 Å². The van der Waals surface area contributed by atoms with Crippen molar-refractivity contribution in [2.24, 2.45) is 0 Å². The summed E-state index contributed by atoms with van der Waals surface area (Å²) >= 11 is 0. The molecule has 2 aromatic rings. The number of hydrogen-bond donors (Lipinski definition) is 1. The lowest BCUT2D eigenvalue weighted by Crippen LogP contribution is -2.28. The van der Waals surface area contributed by atoms with E-state index in [0.717, 1.165) is 37.1 Å². The molecule has 0 radical (unpaired) electrons. The lowest BCUT2D eigenvalue weighted by atomic mass is 9.96. The maximum Gasteiger partial charge on any atom is 0.112 e. The summed E-state index contributed by atoms with van der Waals surface area (Å²) < 4.78 is 2.25. The predicted octanol–water partition coefficient (Wildman–Crippen LogP) is 3.54. The molecule has 3 nitrogen and oxygen atoms in total. The summed E-state index contributed by atoms with van der Waals surface area (Å²) in [5.41, 5.74) is 1.53. The van der Waals surface area contributed by atoms with Crippen LogP contribution in [0.3, 0.4) is 0 Å². The highest BCUT2D eigenvalue weighted by Crippen LogP contribution is 2.22. The topological polar surface area (TPSA) is 38.0 Å². The summed E-state index contributed by atoms with van der Waals surface area (Å²) in [6.45, 7) is 7.14. The van der Waals surface area contributed by atoms with Gasteiger partial charge in [0.15, 0.2) is 0 Å². The molecule has 19 heavy (non-hydrogen) atoms. The first kappa shape index (κ1) is 14.1. The van der Waals surface area contributed by atoms with Gasteiger partial charge in [-0.3, -0.25) is 0 Å². The van der Waals surface area contributed by atoms with E-state index in [9.17, 15) is 5.11 Å². The van der Waals surface area contributed by atoms with Gasteiger partial charge in [-0.15, -0.1) is 0 Å². The van der Waals surface area contributed by atoms with Gasteiger partial charge in [0, 0.05) is 13.0 Å². The molecule has 0 fully saturated rings. The zero-order valence-corrected chi connectivity index (χ0v) is 12.2. The molecule has 0 saturated carbocycles. The third-order valence-corrected chi connectivity index (χ3v) is 3.51. The molecule has 0 aliphatic heterocycles. The molecule has 0 bridgehead atoms. The fourth-order valence-electron chi connectivity index (χ4n) is 2.70. The number of aryl methyl sites for hydroxylation is 1. The fraction of sp³-hybridized carbons (Fsp3) is 0.562. The summed E-state index contributed by atoms with van der Waals surface area (Å²) in [6, 6.07) is 8.21. The van der Waals surface area contributed by atoms with Crippen LogP contribution in [0, 0.1) is 0 Å². The lowest BCUT2D eigenvalue weighted by Gasteiger charge is -2.22. The molecule has 0 spiro atoms. The lowest BCUT2D eigenvalue weighted by molar-refractivity contribution is 0.0478. The van der Waals surface area contributed by atoms with E-state index in [1.807, 2.05) is 25.1 Å². The van der Waals surface area contributed by atoms with E-state index in [1.54, 1.807) is 0 Å². The van der Waals surface area contributed by atoms with E-state index in [4.69, 9.17) is 4.98 Å². The van der Waals surface area contributed by atoms with E-state index >= 15 is 0 Å². The van der Waals surface area contributed by atoms with Crippen LogP contribution in [0.1, 0.15) is 45.9 Å². The van der Waals surface area contributed by atoms with Crippen LogP contribution in [0.25, 0.3) is 11.0 Å². The highest BCUT2D eigenvalue weighted by atomic mass is 16.3. The quantitative estimate of drug-likeness (QED) is 0.862. The van der Waals surface area contributed by atoms with Gasteiger partial charge < -0.3 is 9.67 Å². The van der Waals surface area contributed by atoms with Crippen LogP contribution in [0.2, 0.25) is 0 Å². The van der Waals surface area contributed by atoms with Gasteiger partial charge in [-0.1, -0.05) is 32.4 Å². The van der Waals surface area contributed by atoms with E-state index in [2.05, 4.69) is 24.5 Å². The molecular formula is C16H24N2O. The summed E-state index contributed by atoms with van der Waals surface area (Å²) in [4.78, 5) is 4.70. The number of benzene rings is 1. The van der Waals surface area contributed by atoms with Gasteiger partial charge in [0.25, 0.3) is 0 Å². The molecule has 0 amide bonds. The molecule has 2 rings (SSSR count). The van der Waals surface area contributed by atoms with Crippen LogP contribution in [-0.4, -0.2) is 20.3 Å². The zero-order chi connectivity index (χ0) is 13.9. The first-order valence-electron chi connectivity index (χ1n) is 7.24.